The van der Waals surface area contributed by atoms with Crippen molar-refractivity contribution in [2.24, 2.45) is 21.7 Å². The Morgan fingerprint density at radius 3 is 0.826 bits per heavy atom. The zero-order valence-corrected chi connectivity index (χ0v) is 27.8. The summed E-state index contributed by atoms with van der Waals surface area (Å²) in [6.07, 6.45) is 14.8. The SMILES string of the molecule is CCCC1(C)C(=O)/C=C\C(=O)C2(CCCCC2)C(=O)/C=C/C(=O)C(C)(CCC)C(=O)/C=C/C(=O)C2(CCCCC2)C(=O)/C=C/C1=O. The molecule has 2 atom stereocenters. The summed E-state index contributed by atoms with van der Waals surface area (Å²) in [4.78, 5) is 109. The first-order valence-corrected chi connectivity index (χ1v) is 16.8. The summed E-state index contributed by atoms with van der Waals surface area (Å²) in [6, 6.07) is 0. The molecule has 3 rings (SSSR count). The summed E-state index contributed by atoms with van der Waals surface area (Å²) >= 11 is 0. The van der Waals surface area contributed by atoms with Gasteiger partial charge in [-0.25, -0.2) is 0 Å². The third-order valence-corrected chi connectivity index (χ3v) is 10.5. The van der Waals surface area contributed by atoms with Gasteiger partial charge in [-0.2, -0.15) is 0 Å². The summed E-state index contributed by atoms with van der Waals surface area (Å²) in [6.45, 7) is 6.56. The van der Waals surface area contributed by atoms with Crippen molar-refractivity contribution in [1.82, 2.24) is 0 Å². The standard InChI is InChI=1S/C38H48O8/c1-5-21-35(3)27(39)13-17-31(43)37(23-9-7-10-24-37)33(45)19-15-29(41)36(4,22-6-2)30(42)16-20-34(46)38(25-11-8-12-26-38)32(44)18-14-28(35)40/h13-20H,5-12,21-26H2,1-4H3/b17-13-,18-14+,19-15+,20-16+. The van der Waals surface area contributed by atoms with Crippen molar-refractivity contribution in [2.45, 2.75) is 118 Å². The fraction of sp³-hybridized carbons (Fsp3) is 0.579. The maximum absolute atomic E-state index is 13.7. The Morgan fingerprint density at radius 2 is 0.609 bits per heavy atom. The van der Waals surface area contributed by atoms with E-state index in [9.17, 15) is 38.4 Å². The van der Waals surface area contributed by atoms with Gasteiger partial charge in [0.15, 0.2) is 46.3 Å². The highest BCUT2D eigenvalue weighted by Crippen LogP contribution is 2.41. The molecule has 0 radical (unpaired) electrons. The Kier molecular flexibility index (Phi) is 12.2. The van der Waals surface area contributed by atoms with Crippen LogP contribution < -0.4 is 0 Å². The highest BCUT2D eigenvalue weighted by Gasteiger charge is 2.46. The molecule has 248 valence electrons. The number of hydrogen-bond donors (Lipinski definition) is 0. The van der Waals surface area contributed by atoms with Gasteiger partial charge in [-0.15, -0.1) is 0 Å². The molecule has 0 bridgehead atoms. The third-order valence-electron chi connectivity index (χ3n) is 10.5. The van der Waals surface area contributed by atoms with E-state index in [0.717, 1.165) is 61.4 Å². The van der Waals surface area contributed by atoms with E-state index in [1.807, 2.05) is 13.8 Å². The maximum Gasteiger partial charge on any atom is 0.169 e. The van der Waals surface area contributed by atoms with Gasteiger partial charge in [-0.3, -0.25) is 38.4 Å². The number of ketones is 8. The number of carbonyl (C=O) groups is 8. The zero-order chi connectivity index (χ0) is 34.2. The molecule has 3 aliphatic rings. The number of carbonyl (C=O) groups excluding carboxylic acids is 8. The summed E-state index contributed by atoms with van der Waals surface area (Å²) in [7, 11) is 0. The first-order valence-electron chi connectivity index (χ1n) is 16.8. The molecule has 2 fully saturated rings. The number of hydrogen-bond acceptors (Lipinski definition) is 8. The zero-order valence-electron chi connectivity index (χ0n) is 27.8. The van der Waals surface area contributed by atoms with Gasteiger partial charge in [0.2, 0.25) is 0 Å². The van der Waals surface area contributed by atoms with E-state index in [0.29, 0.717) is 38.5 Å². The second kappa shape index (κ2) is 15.3. The van der Waals surface area contributed by atoms with E-state index in [2.05, 4.69) is 0 Å². The van der Waals surface area contributed by atoms with Gasteiger partial charge in [0, 0.05) is 0 Å². The van der Waals surface area contributed by atoms with Gasteiger partial charge in [-0.1, -0.05) is 65.2 Å². The maximum atomic E-state index is 13.7. The van der Waals surface area contributed by atoms with Crippen LogP contribution in [0.25, 0.3) is 0 Å². The van der Waals surface area contributed by atoms with Crippen molar-refractivity contribution in [1.29, 1.82) is 0 Å². The van der Waals surface area contributed by atoms with Crippen molar-refractivity contribution in [3.8, 4) is 0 Å². The summed E-state index contributed by atoms with van der Waals surface area (Å²) in [5, 5.41) is 0. The molecule has 0 heterocycles. The van der Waals surface area contributed by atoms with E-state index in [4.69, 9.17) is 0 Å². The van der Waals surface area contributed by atoms with Crippen LogP contribution in [0.1, 0.15) is 118 Å². The summed E-state index contributed by atoms with van der Waals surface area (Å²) in [5.41, 5.74) is -6.07. The van der Waals surface area contributed by atoms with Gasteiger partial charge >= 0.3 is 0 Å². The Morgan fingerprint density at radius 1 is 0.391 bits per heavy atom. The van der Waals surface area contributed by atoms with Gasteiger partial charge < -0.3 is 0 Å². The van der Waals surface area contributed by atoms with Crippen LogP contribution in [0.5, 0.6) is 0 Å². The van der Waals surface area contributed by atoms with Crippen LogP contribution in [0.2, 0.25) is 0 Å². The predicted octanol–water partition coefficient (Wildman–Crippen LogP) is 6.29. The molecule has 2 saturated carbocycles. The fourth-order valence-electron chi connectivity index (χ4n) is 7.25. The topological polar surface area (TPSA) is 137 Å². The minimum atomic E-state index is -1.57. The van der Waals surface area contributed by atoms with Gasteiger partial charge in [0.1, 0.15) is 0 Å². The number of allylic oxidation sites excluding steroid dienone is 8. The third kappa shape index (κ3) is 7.31. The van der Waals surface area contributed by atoms with E-state index in [1.165, 1.54) is 13.8 Å². The molecule has 46 heavy (non-hydrogen) atoms. The monoisotopic (exact) mass is 632 g/mol. The Hall–Kier alpha value is -3.68. The fourth-order valence-corrected chi connectivity index (χ4v) is 7.25. The molecule has 0 aromatic carbocycles. The van der Waals surface area contributed by atoms with Crippen LogP contribution in [-0.2, 0) is 38.4 Å². The molecular formula is C38H48O8. The lowest BCUT2D eigenvalue weighted by Crippen LogP contribution is -2.41. The Bertz CT molecular complexity index is 1200. The van der Waals surface area contributed by atoms with Crippen LogP contribution in [0.15, 0.2) is 48.6 Å². The van der Waals surface area contributed by atoms with Crippen molar-refractivity contribution in [3.63, 3.8) is 0 Å². The predicted molar refractivity (Wildman–Crippen MR) is 174 cm³/mol. The van der Waals surface area contributed by atoms with E-state index in [-0.39, 0.29) is 38.5 Å². The Balaban J connectivity index is 2.18. The average molecular weight is 633 g/mol. The first-order chi connectivity index (χ1) is 21.7. The second-order valence-corrected chi connectivity index (χ2v) is 13.7. The van der Waals surface area contributed by atoms with Crippen LogP contribution in [-0.4, -0.2) is 46.3 Å². The largest absolute Gasteiger partial charge is 0.294 e. The molecule has 2 unspecified atom stereocenters. The van der Waals surface area contributed by atoms with Gasteiger partial charge in [-0.05, 0) is 101 Å². The van der Waals surface area contributed by atoms with Crippen LogP contribution in [0, 0.1) is 21.7 Å². The molecule has 0 aliphatic heterocycles. The van der Waals surface area contributed by atoms with Crippen molar-refractivity contribution in [2.75, 3.05) is 0 Å². The van der Waals surface area contributed by atoms with Crippen molar-refractivity contribution < 1.29 is 38.4 Å². The molecule has 0 saturated heterocycles. The molecule has 0 amide bonds. The minimum absolute atomic E-state index is 0.155. The van der Waals surface area contributed by atoms with E-state index in [1.54, 1.807) is 0 Å². The molecule has 0 aromatic rings. The van der Waals surface area contributed by atoms with Crippen LogP contribution >= 0.6 is 0 Å². The lowest BCUT2D eigenvalue weighted by molar-refractivity contribution is -0.139. The lowest BCUT2D eigenvalue weighted by atomic mass is 9.67. The number of rotatable bonds is 4. The summed E-state index contributed by atoms with van der Waals surface area (Å²) in [5.74, 6) is -4.76. The van der Waals surface area contributed by atoms with E-state index < -0.39 is 67.9 Å². The normalized spacial score (nSPS) is 31.2. The van der Waals surface area contributed by atoms with Crippen molar-refractivity contribution >= 4 is 46.3 Å². The summed E-state index contributed by atoms with van der Waals surface area (Å²) < 4.78 is 0. The lowest BCUT2D eigenvalue weighted by Gasteiger charge is -2.33. The molecule has 0 aromatic heterocycles. The molecular weight excluding hydrogens is 584 g/mol. The molecule has 8 nitrogen and oxygen atoms in total. The average Bonchev–Trinajstić information content (AvgIpc) is 3.06. The van der Waals surface area contributed by atoms with Crippen molar-refractivity contribution in [3.05, 3.63) is 48.6 Å². The molecule has 8 heteroatoms. The quantitative estimate of drug-likeness (QED) is 0.330. The minimum Gasteiger partial charge on any atom is -0.294 e. The van der Waals surface area contributed by atoms with Crippen LogP contribution in [0.3, 0.4) is 0 Å². The van der Waals surface area contributed by atoms with E-state index >= 15 is 0 Å². The second-order valence-electron chi connectivity index (χ2n) is 13.7. The smallest absolute Gasteiger partial charge is 0.169 e. The molecule has 3 aliphatic carbocycles. The Labute approximate surface area is 272 Å². The van der Waals surface area contributed by atoms with Gasteiger partial charge in [0.25, 0.3) is 0 Å². The molecule has 2 spiro atoms. The van der Waals surface area contributed by atoms with Crippen LogP contribution in [0.4, 0.5) is 0 Å². The molecule has 0 N–H and O–H groups in total. The highest BCUT2D eigenvalue weighted by molar-refractivity contribution is 6.24. The van der Waals surface area contributed by atoms with Gasteiger partial charge in [0.05, 0.1) is 21.7 Å². The first kappa shape index (κ1) is 36.8. The highest BCUT2D eigenvalue weighted by atomic mass is 16.2.